The lowest BCUT2D eigenvalue weighted by Gasteiger charge is -2.27. The Morgan fingerprint density at radius 3 is 2.06 bits per heavy atom. The van der Waals surface area contributed by atoms with E-state index in [9.17, 15) is 4.79 Å². The molecule has 3 nitrogen and oxygen atoms in total. The molecule has 3 heteroatoms. The molecule has 18 heavy (non-hydrogen) atoms. The maximum Gasteiger partial charge on any atom is 0.313 e. The number of unbranched alkanes of at least 4 members (excludes halogenated alkanes) is 5. The van der Waals surface area contributed by atoms with Crippen LogP contribution in [0.5, 0.6) is 0 Å². The van der Waals surface area contributed by atoms with E-state index in [2.05, 4.69) is 6.92 Å². The molecule has 0 aromatic rings. The zero-order valence-corrected chi connectivity index (χ0v) is 12.5. The predicted octanol–water partition coefficient (Wildman–Crippen LogP) is 3.66. The molecule has 0 amide bonds. The van der Waals surface area contributed by atoms with Crippen molar-refractivity contribution in [2.75, 3.05) is 13.2 Å². The standard InChI is InChI=1S/C15H31NO2/c1-4-7-8-9-10-11-12-18-14(17)15(5-2,6-3)13-16/h4-13,16H2,1-3H3. The highest BCUT2D eigenvalue weighted by Crippen LogP contribution is 2.26. The molecule has 0 aliphatic carbocycles. The van der Waals surface area contributed by atoms with Crippen LogP contribution in [-0.2, 0) is 9.53 Å². The number of carbonyl (C=O) groups excluding carboxylic acids is 1. The molecule has 0 fully saturated rings. The molecule has 0 atom stereocenters. The van der Waals surface area contributed by atoms with Gasteiger partial charge in [-0.25, -0.2) is 0 Å². The van der Waals surface area contributed by atoms with Crippen molar-refractivity contribution >= 4 is 5.97 Å². The zero-order chi connectivity index (χ0) is 13.9. The molecule has 0 heterocycles. The summed E-state index contributed by atoms with van der Waals surface area (Å²) in [6.07, 6.45) is 8.76. The number of nitrogens with two attached hydrogens (primary N) is 1. The second kappa shape index (κ2) is 10.4. The number of hydrogen-bond donors (Lipinski definition) is 1. The molecule has 0 unspecified atom stereocenters. The number of esters is 1. The van der Waals surface area contributed by atoms with E-state index in [1.54, 1.807) is 0 Å². The van der Waals surface area contributed by atoms with Gasteiger partial charge in [0.15, 0.2) is 0 Å². The van der Waals surface area contributed by atoms with Crippen LogP contribution in [0.15, 0.2) is 0 Å². The van der Waals surface area contributed by atoms with Crippen molar-refractivity contribution in [3.8, 4) is 0 Å². The maximum absolute atomic E-state index is 12.0. The third-order valence-electron chi connectivity index (χ3n) is 3.91. The quantitative estimate of drug-likeness (QED) is 0.454. The van der Waals surface area contributed by atoms with Gasteiger partial charge in [-0.1, -0.05) is 52.9 Å². The fourth-order valence-electron chi connectivity index (χ4n) is 2.11. The lowest BCUT2D eigenvalue weighted by atomic mass is 9.82. The fourth-order valence-corrected chi connectivity index (χ4v) is 2.11. The van der Waals surface area contributed by atoms with Gasteiger partial charge in [-0.3, -0.25) is 4.79 Å². The Labute approximate surface area is 112 Å². The van der Waals surface area contributed by atoms with E-state index in [1.807, 2.05) is 13.8 Å². The summed E-state index contributed by atoms with van der Waals surface area (Å²) in [4.78, 5) is 12.0. The van der Waals surface area contributed by atoms with Gasteiger partial charge in [-0.05, 0) is 19.3 Å². The fraction of sp³-hybridized carbons (Fsp3) is 0.933. The average Bonchev–Trinajstić information content (AvgIpc) is 2.40. The number of rotatable bonds is 11. The molecule has 0 rings (SSSR count). The van der Waals surface area contributed by atoms with Gasteiger partial charge in [0.2, 0.25) is 0 Å². The van der Waals surface area contributed by atoms with Gasteiger partial charge in [-0.15, -0.1) is 0 Å². The van der Waals surface area contributed by atoms with E-state index in [4.69, 9.17) is 10.5 Å². The van der Waals surface area contributed by atoms with Crippen molar-refractivity contribution in [3.63, 3.8) is 0 Å². The SMILES string of the molecule is CCCCCCCCOC(=O)C(CC)(CC)CN. The minimum atomic E-state index is -0.456. The van der Waals surface area contributed by atoms with Gasteiger partial charge in [-0.2, -0.15) is 0 Å². The zero-order valence-electron chi connectivity index (χ0n) is 12.5. The molecule has 0 bridgehead atoms. The van der Waals surface area contributed by atoms with E-state index in [-0.39, 0.29) is 5.97 Å². The summed E-state index contributed by atoms with van der Waals surface area (Å²) in [6, 6.07) is 0. The first-order valence-electron chi connectivity index (χ1n) is 7.54. The van der Waals surface area contributed by atoms with Crippen molar-refractivity contribution in [3.05, 3.63) is 0 Å². The average molecular weight is 257 g/mol. The van der Waals surface area contributed by atoms with Crippen molar-refractivity contribution < 1.29 is 9.53 Å². The molecule has 0 saturated heterocycles. The first-order valence-corrected chi connectivity index (χ1v) is 7.54. The molecule has 0 aliphatic heterocycles. The van der Waals surface area contributed by atoms with Crippen molar-refractivity contribution in [1.82, 2.24) is 0 Å². The first kappa shape index (κ1) is 17.4. The largest absolute Gasteiger partial charge is 0.465 e. The third kappa shape index (κ3) is 5.85. The van der Waals surface area contributed by atoms with E-state index < -0.39 is 5.41 Å². The molecule has 108 valence electrons. The minimum Gasteiger partial charge on any atom is -0.465 e. The summed E-state index contributed by atoms with van der Waals surface area (Å²) in [6.45, 7) is 7.15. The lowest BCUT2D eigenvalue weighted by molar-refractivity contribution is -0.156. The van der Waals surface area contributed by atoms with Gasteiger partial charge < -0.3 is 10.5 Å². The Bertz CT molecular complexity index is 204. The molecule has 0 aromatic carbocycles. The van der Waals surface area contributed by atoms with Gasteiger partial charge >= 0.3 is 5.97 Å². The van der Waals surface area contributed by atoms with Crippen LogP contribution in [0.25, 0.3) is 0 Å². The molecule has 0 radical (unpaired) electrons. The number of ether oxygens (including phenoxy) is 1. The van der Waals surface area contributed by atoms with E-state index in [0.29, 0.717) is 13.2 Å². The van der Waals surface area contributed by atoms with Crippen LogP contribution in [0.3, 0.4) is 0 Å². The highest BCUT2D eigenvalue weighted by Gasteiger charge is 2.34. The van der Waals surface area contributed by atoms with Crippen LogP contribution < -0.4 is 5.73 Å². The summed E-state index contributed by atoms with van der Waals surface area (Å²) in [5.74, 6) is -0.108. The van der Waals surface area contributed by atoms with Gasteiger partial charge in [0, 0.05) is 6.54 Å². The monoisotopic (exact) mass is 257 g/mol. The summed E-state index contributed by atoms with van der Waals surface area (Å²) < 4.78 is 5.37. The Morgan fingerprint density at radius 2 is 1.56 bits per heavy atom. The van der Waals surface area contributed by atoms with Crippen LogP contribution in [0.1, 0.15) is 72.1 Å². The molecule has 0 aliphatic rings. The maximum atomic E-state index is 12.0. The van der Waals surface area contributed by atoms with E-state index >= 15 is 0 Å². The second-order valence-corrected chi connectivity index (χ2v) is 5.10. The smallest absolute Gasteiger partial charge is 0.313 e. The Balaban J connectivity index is 3.75. The summed E-state index contributed by atoms with van der Waals surface area (Å²) in [5, 5.41) is 0. The minimum absolute atomic E-state index is 0.108. The molecular weight excluding hydrogens is 226 g/mol. The molecule has 2 N–H and O–H groups in total. The lowest BCUT2D eigenvalue weighted by Crippen LogP contribution is -2.39. The normalized spacial score (nSPS) is 11.6. The van der Waals surface area contributed by atoms with Crippen LogP contribution in [-0.4, -0.2) is 19.1 Å². The third-order valence-corrected chi connectivity index (χ3v) is 3.91. The summed E-state index contributed by atoms with van der Waals surface area (Å²) >= 11 is 0. The highest BCUT2D eigenvalue weighted by atomic mass is 16.5. The topological polar surface area (TPSA) is 52.3 Å². The molecule has 0 saturated carbocycles. The van der Waals surface area contributed by atoms with Gasteiger partial charge in [0.1, 0.15) is 0 Å². The highest BCUT2D eigenvalue weighted by molar-refractivity contribution is 5.77. The Hall–Kier alpha value is -0.570. The number of hydrogen-bond acceptors (Lipinski definition) is 3. The van der Waals surface area contributed by atoms with E-state index in [0.717, 1.165) is 25.7 Å². The van der Waals surface area contributed by atoms with Crippen molar-refractivity contribution in [1.29, 1.82) is 0 Å². The van der Waals surface area contributed by atoms with Gasteiger partial charge in [0.25, 0.3) is 0 Å². The van der Waals surface area contributed by atoms with E-state index in [1.165, 1.54) is 25.7 Å². The molecular formula is C15H31NO2. The van der Waals surface area contributed by atoms with Crippen LogP contribution >= 0.6 is 0 Å². The Kier molecular flexibility index (Phi) is 10.0. The second-order valence-electron chi connectivity index (χ2n) is 5.10. The first-order chi connectivity index (χ1) is 8.66. The van der Waals surface area contributed by atoms with Crippen molar-refractivity contribution in [2.45, 2.75) is 72.1 Å². The van der Waals surface area contributed by atoms with Crippen LogP contribution in [0.4, 0.5) is 0 Å². The van der Waals surface area contributed by atoms with Crippen LogP contribution in [0.2, 0.25) is 0 Å². The summed E-state index contributed by atoms with van der Waals surface area (Å²) in [7, 11) is 0. The molecule has 0 aromatic heterocycles. The molecule has 0 spiro atoms. The van der Waals surface area contributed by atoms with Gasteiger partial charge in [0.05, 0.1) is 12.0 Å². The summed E-state index contributed by atoms with van der Waals surface area (Å²) in [5.41, 5.74) is 5.26. The Morgan fingerprint density at radius 1 is 1.00 bits per heavy atom. The van der Waals surface area contributed by atoms with Crippen molar-refractivity contribution in [2.24, 2.45) is 11.1 Å². The van der Waals surface area contributed by atoms with Crippen LogP contribution in [0, 0.1) is 5.41 Å². The predicted molar refractivity (Wildman–Crippen MR) is 76.4 cm³/mol. The number of carbonyl (C=O) groups is 1.